The van der Waals surface area contributed by atoms with E-state index in [0.29, 0.717) is 36.1 Å². The summed E-state index contributed by atoms with van der Waals surface area (Å²) in [6, 6.07) is 14.7. The zero-order valence-electron chi connectivity index (χ0n) is 23.3. The van der Waals surface area contributed by atoms with Crippen LogP contribution in [0.5, 0.6) is 11.5 Å². The Morgan fingerprint density at radius 1 is 1.03 bits per heavy atom. The number of nitrogens with one attached hydrogen (secondary N) is 1. The highest BCUT2D eigenvalue weighted by Gasteiger charge is 2.15. The molecule has 0 unspecified atom stereocenters. The minimum absolute atomic E-state index is 0.149. The van der Waals surface area contributed by atoms with E-state index in [-0.39, 0.29) is 24.7 Å². The summed E-state index contributed by atoms with van der Waals surface area (Å²) in [4.78, 5) is 19.7. The summed E-state index contributed by atoms with van der Waals surface area (Å²) < 4.78 is 25.4. The Hall–Kier alpha value is -3.45. The number of nitrogens with zero attached hydrogens (tertiary/aromatic N) is 2. The van der Waals surface area contributed by atoms with Crippen LogP contribution in [0.2, 0.25) is 0 Å². The lowest BCUT2D eigenvalue weighted by atomic mass is 9.99. The van der Waals surface area contributed by atoms with Crippen LogP contribution in [0.4, 0.5) is 4.39 Å². The number of hydrogen-bond donors (Lipinski definition) is 1. The van der Waals surface area contributed by atoms with Crippen molar-refractivity contribution in [2.75, 3.05) is 26.3 Å². The van der Waals surface area contributed by atoms with E-state index >= 15 is 0 Å². The molecule has 39 heavy (non-hydrogen) atoms. The molecular weight excluding hydrogens is 493 g/mol. The average molecular weight is 534 g/mol. The number of carbonyl (C=O) groups excluding carboxylic acids is 1. The van der Waals surface area contributed by atoms with Gasteiger partial charge in [0, 0.05) is 36.6 Å². The van der Waals surface area contributed by atoms with Crippen LogP contribution < -0.4 is 14.8 Å². The molecule has 1 aliphatic heterocycles. The highest BCUT2D eigenvalue weighted by atomic mass is 19.1. The van der Waals surface area contributed by atoms with Crippen molar-refractivity contribution in [3.63, 3.8) is 0 Å². The zero-order valence-corrected chi connectivity index (χ0v) is 23.3. The summed E-state index contributed by atoms with van der Waals surface area (Å²) in [7, 11) is 0. The highest BCUT2D eigenvalue weighted by molar-refractivity contribution is 5.78. The molecule has 0 bridgehead atoms. The topological polar surface area (TPSA) is 63.7 Å². The maximum Gasteiger partial charge on any atom is 0.226 e. The van der Waals surface area contributed by atoms with E-state index in [9.17, 15) is 9.18 Å². The number of carbonyl (C=O) groups is 1. The number of likely N-dealkylation sites (tertiary alicyclic amines) is 1. The first-order valence-corrected chi connectivity index (χ1v) is 14.0. The third-order valence-corrected chi connectivity index (χ3v) is 6.71. The highest BCUT2D eigenvalue weighted by Crippen LogP contribution is 2.29. The zero-order chi connectivity index (χ0) is 27.6. The summed E-state index contributed by atoms with van der Waals surface area (Å²) in [5.41, 5.74) is 4.71. The van der Waals surface area contributed by atoms with Crippen molar-refractivity contribution in [3.05, 3.63) is 77.4 Å². The van der Waals surface area contributed by atoms with Crippen molar-refractivity contribution in [2.24, 2.45) is 5.92 Å². The monoisotopic (exact) mass is 533 g/mol. The number of aromatic nitrogens is 1. The van der Waals surface area contributed by atoms with Gasteiger partial charge >= 0.3 is 0 Å². The van der Waals surface area contributed by atoms with Gasteiger partial charge in [-0.1, -0.05) is 32.4 Å². The lowest BCUT2D eigenvalue weighted by Gasteiger charge is -2.27. The fourth-order valence-corrected chi connectivity index (χ4v) is 4.78. The van der Waals surface area contributed by atoms with E-state index in [1.54, 1.807) is 6.07 Å². The molecule has 0 aliphatic carbocycles. The predicted octanol–water partition coefficient (Wildman–Crippen LogP) is 6.17. The number of pyridine rings is 1. The number of ether oxygens (including phenoxy) is 2. The fraction of sp³-hybridized carbons (Fsp3) is 0.438. The van der Waals surface area contributed by atoms with Crippen LogP contribution in [-0.2, 0) is 24.3 Å². The molecule has 0 saturated carbocycles. The Morgan fingerprint density at radius 3 is 2.56 bits per heavy atom. The summed E-state index contributed by atoms with van der Waals surface area (Å²) >= 11 is 0. The van der Waals surface area contributed by atoms with E-state index in [2.05, 4.69) is 27.3 Å². The quantitative estimate of drug-likeness (QED) is 0.302. The van der Waals surface area contributed by atoms with Gasteiger partial charge < -0.3 is 14.8 Å². The van der Waals surface area contributed by atoms with Gasteiger partial charge in [0.05, 0.1) is 19.6 Å². The van der Waals surface area contributed by atoms with Gasteiger partial charge in [-0.25, -0.2) is 4.39 Å². The first-order chi connectivity index (χ1) is 18.9. The van der Waals surface area contributed by atoms with Gasteiger partial charge in [-0.15, -0.1) is 0 Å². The van der Waals surface area contributed by atoms with Gasteiger partial charge in [-0.2, -0.15) is 0 Å². The molecule has 1 N–H and O–H groups in total. The summed E-state index contributed by atoms with van der Waals surface area (Å²) in [6.45, 7) is 10.5. The Bertz CT molecular complexity index is 1220. The predicted molar refractivity (Wildman–Crippen MR) is 152 cm³/mol. The van der Waals surface area contributed by atoms with Crippen molar-refractivity contribution in [2.45, 2.75) is 59.5 Å². The number of amides is 1. The first-order valence-electron chi connectivity index (χ1n) is 14.0. The van der Waals surface area contributed by atoms with Crippen molar-refractivity contribution in [1.82, 2.24) is 15.2 Å². The second-order valence-corrected chi connectivity index (χ2v) is 10.6. The van der Waals surface area contributed by atoms with Crippen LogP contribution >= 0.6 is 0 Å². The van der Waals surface area contributed by atoms with Crippen LogP contribution in [0.1, 0.15) is 56.9 Å². The Kier molecular flexibility index (Phi) is 10.3. The standard InChI is InChI=1S/C32H40FN3O3/c1-4-38-29-10-11-31(26(16-29)21-36-12-6-5-7-13-36)25-8-9-28(34-20-25)18-32(37)35-19-24-14-27(33)17-30(15-24)39-22-23(2)3/h8-11,14-17,20,23H,4-7,12-13,18-19,21-22H2,1-3H3,(H,35,37). The average Bonchev–Trinajstić information content (AvgIpc) is 2.92. The number of hydrogen-bond acceptors (Lipinski definition) is 5. The van der Waals surface area contributed by atoms with Gasteiger partial charge in [0.2, 0.25) is 5.91 Å². The van der Waals surface area contributed by atoms with Crippen molar-refractivity contribution < 1.29 is 18.7 Å². The molecule has 6 nitrogen and oxygen atoms in total. The minimum atomic E-state index is -0.383. The van der Waals surface area contributed by atoms with Crippen molar-refractivity contribution >= 4 is 5.91 Å². The van der Waals surface area contributed by atoms with Crippen molar-refractivity contribution in [3.8, 4) is 22.6 Å². The molecule has 7 heteroatoms. The molecule has 1 amide bonds. The molecule has 1 aromatic heterocycles. The summed E-state index contributed by atoms with van der Waals surface area (Å²) in [5, 5.41) is 2.87. The van der Waals surface area contributed by atoms with E-state index in [1.807, 2.05) is 45.2 Å². The normalized spacial score (nSPS) is 13.9. The maximum atomic E-state index is 14.0. The Labute approximate surface area is 231 Å². The molecule has 3 aromatic rings. The smallest absolute Gasteiger partial charge is 0.226 e. The second-order valence-electron chi connectivity index (χ2n) is 10.6. The third-order valence-electron chi connectivity index (χ3n) is 6.71. The van der Waals surface area contributed by atoms with Crippen LogP contribution in [-0.4, -0.2) is 42.1 Å². The van der Waals surface area contributed by atoms with Crippen LogP contribution in [0.15, 0.2) is 54.7 Å². The van der Waals surface area contributed by atoms with Gasteiger partial charge in [0.15, 0.2) is 0 Å². The van der Waals surface area contributed by atoms with Gasteiger partial charge in [-0.05, 0) is 85.8 Å². The minimum Gasteiger partial charge on any atom is -0.494 e. The lowest BCUT2D eigenvalue weighted by Crippen LogP contribution is -2.29. The molecule has 4 rings (SSSR count). The van der Waals surface area contributed by atoms with E-state index < -0.39 is 0 Å². The molecule has 2 aromatic carbocycles. The van der Waals surface area contributed by atoms with Crippen LogP contribution in [0, 0.1) is 11.7 Å². The largest absolute Gasteiger partial charge is 0.494 e. The molecule has 0 spiro atoms. The third kappa shape index (κ3) is 8.79. The van der Waals surface area contributed by atoms with E-state index in [4.69, 9.17) is 9.47 Å². The summed E-state index contributed by atoms with van der Waals surface area (Å²) in [5.74, 6) is 1.14. The molecule has 1 saturated heterocycles. The lowest BCUT2D eigenvalue weighted by molar-refractivity contribution is -0.120. The molecule has 1 fully saturated rings. The molecule has 0 radical (unpaired) electrons. The summed E-state index contributed by atoms with van der Waals surface area (Å²) in [6.07, 6.45) is 5.77. The molecule has 2 heterocycles. The molecule has 0 atom stereocenters. The molecule has 208 valence electrons. The number of piperidine rings is 1. The molecular formula is C32H40FN3O3. The molecule has 1 aliphatic rings. The van der Waals surface area contributed by atoms with Crippen LogP contribution in [0.3, 0.4) is 0 Å². The SMILES string of the molecule is CCOc1ccc(-c2ccc(CC(=O)NCc3cc(F)cc(OCC(C)C)c3)nc2)c(CN2CCCCC2)c1. The van der Waals surface area contributed by atoms with E-state index in [1.165, 1.54) is 37.0 Å². The van der Waals surface area contributed by atoms with Gasteiger partial charge in [0.1, 0.15) is 17.3 Å². The number of benzene rings is 2. The second kappa shape index (κ2) is 14.1. The maximum absolute atomic E-state index is 14.0. The van der Waals surface area contributed by atoms with Gasteiger partial charge in [-0.3, -0.25) is 14.7 Å². The fourth-order valence-electron chi connectivity index (χ4n) is 4.78. The first kappa shape index (κ1) is 28.6. The Balaban J connectivity index is 1.38. The number of rotatable bonds is 12. The van der Waals surface area contributed by atoms with Gasteiger partial charge in [0.25, 0.3) is 0 Å². The van der Waals surface area contributed by atoms with Crippen molar-refractivity contribution in [1.29, 1.82) is 0 Å². The van der Waals surface area contributed by atoms with Crippen LogP contribution in [0.25, 0.3) is 11.1 Å². The number of halogens is 1. The Morgan fingerprint density at radius 2 is 1.85 bits per heavy atom. The van der Waals surface area contributed by atoms with E-state index in [0.717, 1.165) is 36.5 Å².